The average molecular weight is 257 g/mol. The molecule has 0 atom stereocenters. The zero-order valence-corrected chi connectivity index (χ0v) is 10.8. The van der Waals surface area contributed by atoms with Gasteiger partial charge < -0.3 is 15.2 Å². The molecule has 1 aromatic carbocycles. The fourth-order valence-electron chi connectivity index (χ4n) is 1.78. The SMILES string of the molecule is CN(C(=O)c1ccn(C)c(=O)c1)c1ccccc1N. The third kappa shape index (κ3) is 2.49. The number of rotatable bonds is 2. The Bertz CT molecular complexity index is 676. The van der Waals surface area contributed by atoms with Gasteiger partial charge in [0.15, 0.2) is 0 Å². The fourth-order valence-corrected chi connectivity index (χ4v) is 1.78. The molecule has 0 aliphatic rings. The zero-order valence-electron chi connectivity index (χ0n) is 10.8. The van der Waals surface area contributed by atoms with Gasteiger partial charge in [0.1, 0.15) is 0 Å². The van der Waals surface area contributed by atoms with E-state index in [2.05, 4.69) is 0 Å². The minimum atomic E-state index is -0.268. The molecule has 19 heavy (non-hydrogen) atoms. The summed E-state index contributed by atoms with van der Waals surface area (Å²) < 4.78 is 1.41. The Balaban J connectivity index is 2.36. The number of aryl methyl sites for hydroxylation is 1. The summed E-state index contributed by atoms with van der Waals surface area (Å²) in [6.07, 6.45) is 1.57. The summed E-state index contributed by atoms with van der Waals surface area (Å²) in [5.74, 6) is -0.268. The second-order valence-electron chi connectivity index (χ2n) is 4.29. The molecular weight excluding hydrogens is 242 g/mol. The van der Waals surface area contributed by atoms with Gasteiger partial charge in [-0.05, 0) is 18.2 Å². The molecule has 0 unspecified atom stereocenters. The highest BCUT2D eigenvalue weighted by atomic mass is 16.2. The normalized spacial score (nSPS) is 10.2. The van der Waals surface area contributed by atoms with Crippen LogP contribution in [0.1, 0.15) is 10.4 Å². The number of aromatic nitrogens is 1. The summed E-state index contributed by atoms with van der Waals surface area (Å²) in [7, 11) is 3.26. The van der Waals surface area contributed by atoms with Crippen molar-refractivity contribution in [3.05, 3.63) is 58.5 Å². The molecule has 0 aliphatic carbocycles. The van der Waals surface area contributed by atoms with E-state index in [1.807, 2.05) is 0 Å². The van der Waals surface area contributed by atoms with Crippen molar-refractivity contribution in [1.82, 2.24) is 4.57 Å². The summed E-state index contributed by atoms with van der Waals surface area (Å²) in [5.41, 5.74) is 7.09. The zero-order chi connectivity index (χ0) is 14.0. The third-order valence-electron chi connectivity index (χ3n) is 2.95. The van der Waals surface area contributed by atoms with E-state index in [1.165, 1.54) is 15.5 Å². The Hall–Kier alpha value is -2.56. The van der Waals surface area contributed by atoms with Crippen LogP contribution in [0.5, 0.6) is 0 Å². The maximum atomic E-state index is 12.3. The lowest BCUT2D eigenvalue weighted by Gasteiger charge is -2.19. The largest absolute Gasteiger partial charge is 0.397 e. The van der Waals surface area contributed by atoms with E-state index in [-0.39, 0.29) is 11.5 Å². The number of pyridine rings is 1. The second kappa shape index (κ2) is 4.97. The summed E-state index contributed by atoms with van der Waals surface area (Å²) in [5, 5.41) is 0. The molecule has 0 bridgehead atoms. The van der Waals surface area contributed by atoms with E-state index < -0.39 is 0 Å². The van der Waals surface area contributed by atoms with Crippen LogP contribution < -0.4 is 16.2 Å². The van der Waals surface area contributed by atoms with Crippen LogP contribution in [0, 0.1) is 0 Å². The van der Waals surface area contributed by atoms with Gasteiger partial charge in [0.05, 0.1) is 11.4 Å². The van der Waals surface area contributed by atoms with Crippen LogP contribution in [0.15, 0.2) is 47.4 Å². The predicted octanol–water partition coefficient (Wildman–Crippen LogP) is 1.24. The van der Waals surface area contributed by atoms with Crippen LogP contribution in [-0.2, 0) is 7.05 Å². The van der Waals surface area contributed by atoms with Crippen LogP contribution in [0.2, 0.25) is 0 Å². The summed E-state index contributed by atoms with van der Waals surface area (Å²) in [6.45, 7) is 0. The van der Waals surface area contributed by atoms with Crippen molar-refractivity contribution in [1.29, 1.82) is 0 Å². The number of hydrogen-bond acceptors (Lipinski definition) is 3. The van der Waals surface area contributed by atoms with E-state index >= 15 is 0 Å². The molecule has 0 aliphatic heterocycles. The van der Waals surface area contributed by atoms with Crippen molar-refractivity contribution in [2.45, 2.75) is 0 Å². The van der Waals surface area contributed by atoms with E-state index in [0.717, 1.165) is 0 Å². The molecule has 98 valence electrons. The van der Waals surface area contributed by atoms with Crippen molar-refractivity contribution in [2.24, 2.45) is 7.05 Å². The molecule has 2 aromatic rings. The number of para-hydroxylation sites is 2. The van der Waals surface area contributed by atoms with Crippen molar-refractivity contribution >= 4 is 17.3 Å². The minimum Gasteiger partial charge on any atom is -0.397 e. The molecule has 2 N–H and O–H groups in total. The third-order valence-corrected chi connectivity index (χ3v) is 2.95. The molecule has 2 rings (SSSR count). The summed E-state index contributed by atoms with van der Waals surface area (Å²) in [6, 6.07) is 10.0. The second-order valence-corrected chi connectivity index (χ2v) is 4.29. The minimum absolute atomic E-state index is 0.222. The molecule has 1 heterocycles. The number of anilines is 2. The lowest BCUT2D eigenvalue weighted by molar-refractivity contribution is 0.0993. The van der Waals surface area contributed by atoms with Gasteiger partial charge in [-0.25, -0.2) is 0 Å². The Morgan fingerprint density at radius 1 is 1.26 bits per heavy atom. The maximum absolute atomic E-state index is 12.3. The lowest BCUT2D eigenvalue weighted by atomic mass is 10.2. The van der Waals surface area contributed by atoms with E-state index in [4.69, 9.17) is 5.73 Å². The van der Waals surface area contributed by atoms with Crippen LogP contribution in [0.3, 0.4) is 0 Å². The lowest BCUT2D eigenvalue weighted by Crippen LogP contribution is -2.28. The number of nitrogens with two attached hydrogens (primary N) is 1. The highest BCUT2D eigenvalue weighted by Gasteiger charge is 2.15. The quantitative estimate of drug-likeness (QED) is 0.823. The Morgan fingerprint density at radius 3 is 2.58 bits per heavy atom. The molecule has 0 radical (unpaired) electrons. The number of amides is 1. The Kier molecular flexibility index (Phi) is 3.37. The van der Waals surface area contributed by atoms with E-state index in [9.17, 15) is 9.59 Å². The molecule has 1 aromatic heterocycles. The highest BCUT2D eigenvalue weighted by Crippen LogP contribution is 2.22. The Morgan fingerprint density at radius 2 is 1.95 bits per heavy atom. The van der Waals surface area contributed by atoms with Gasteiger partial charge in [-0.1, -0.05) is 12.1 Å². The highest BCUT2D eigenvalue weighted by molar-refractivity contribution is 6.07. The summed E-state index contributed by atoms with van der Waals surface area (Å²) in [4.78, 5) is 25.3. The first kappa shape index (κ1) is 12.9. The first-order valence-electron chi connectivity index (χ1n) is 5.80. The number of hydrogen-bond donors (Lipinski definition) is 1. The fraction of sp³-hybridized carbons (Fsp3) is 0.143. The van der Waals surface area contributed by atoms with Crippen LogP contribution in [0.4, 0.5) is 11.4 Å². The number of nitrogens with zero attached hydrogens (tertiary/aromatic N) is 2. The number of nitrogen functional groups attached to an aromatic ring is 1. The molecule has 0 spiro atoms. The topological polar surface area (TPSA) is 68.3 Å². The first-order chi connectivity index (χ1) is 9.00. The smallest absolute Gasteiger partial charge is 0.258 e. The van der Waals surface area contributed by atoms with Gasteiger partial charge in [0.25, 0.3) is 11.5 Å². The predicted molar refractivity (Wildman–Crippen MR) is 75.3 cm³/mol. The van der Waals surface area contributed by atoms with Gasteiger partial charge in [-0.3, -0.25) is 9.59 Å². The van der Waals surface area contributed by atoms with Crippen molar-refractivity contribution < 1.29 is 4.79 Å². The maximum Gasteiger partial charge on any atom is 0.258 e. The first-order valence-corrected chi connectivity index (χ1v) is 5.80. The molecule has 0 fully saturated rings. The molecule has 0 saturated heterocycles. The van der Waals surface area contributed by atoms with Crippen molar-refractivity contribution in [3.8, 4) is 0 Å². The average Bonchev–Trinajstić information content (AvgIpc) is 2.41. The summed E-state index contributed by atoms with van der Waals surface area (Å²) >= 11 is 0. The van der Waals surface area contributed by atoms with Crippen molar-refractivity contribution in [2.75, 3.05) is 17.7 Å². The van der Waals surface area contributed by atoms with E-state index in [0.29, 0.717) is 16.9 Å². The standard InChI is InChI=1S/C14H15N3O2/c1-16-8-7-10(9-13(16)18)14(19)17(2)12-6-4-3-5-11(12)15/h3-9H,15H2,1-2H3. The van der Waals surface area contributed by atoms with Crippen LogP contribution >= 0.6 is 0 Å². The van der Waals surface area contributed by atoms with Gasteiger partial charge in [0.2, 0.25) is 0 Å². The van der Waals surface area contributed by atoms with Gasteiger partial charge in [0, 0.05) is 31.9 Å². The molecular formula is C14H15N3O2. The van der Waals surface area contributed by atoms with Gasteiger partial charge in [-0.2, -0.15) is 0 Å². The molecule has 0 saturated carbocycles. The van der Waals surface area contributed by atoms with Crippen LogP contribution in [0.25, 0.3) is 0 Å². The van der Waals surface area contributed by atoms with E-state index in [1.54, 1.807) is 50.6 Å². The molecule has 1 amide bonds. The molecule has 5 nitrogen and oxygen atoms in total. The van der Waals surface area contributed by atoms with Crippen molar-refractivity contribution in [3.63, 3.8) is 0 Å². The number of benzene rings is 1. The number of carbonyl (C=O) groups is 1. The van der Waals surface area contributed by atoms with Gasteiger partial charge in [-0.15, -0.1) is 0 Å². The molecule has 5 heteroatoms. The Labute approximate surface area is 110 Å². The monoisotopic (exact) mass is 257 g/mol. The van der Waals surface area contributed by atoms with Crippen LogP contribution in [-0.4, -0.2) is 17.5 Å². The van der Waals surface area contributed by atoms with Gasteiger partial charge >= 0.3 is 0 Å². The number of carbonyl (C=O) groups excluding carboxylic acids is 1.